The summed E-state index contributed by atoms with van der Waals surface area (Å²) in [5.41, 5.74) is -0.214. The van der Waals surface area contributed by atoms with Crippen LogP contribution in [-0.4, -0.2) is 28.2 Å². The minimum atomic E-state index is -0.501. The van der Waals surface area contributed by atoms with Crippen molar-refractivity contribution in [1.29, 1.82) is 0 Å². The van der Waals surface area contributed by atoms with Gasteiger partial charge in [0.15, 0.2) is 0 Å². The predicted octanol–water partition coefficient (Wildman–Crippen LogP) is 4.33. The standard InChI is InChI=1S/C20H26N3O2/c1-19(2)12-15(13-20(3,4)23(19)25)21-18(24)22-17-11-7-9-14-8-5-6-10-16(14)17/h5-11,15H,12-13H2,1-4H3,(H2,21,22,24). The Bertz CT molecular complexity index is 762. The van der Waals surface area contributed by atoms with Gasteiger partial charge < -0.3 is 10.6 Å². The molecule has 25 heavy (non-hydrogen) atoms. The third-order valence-electron chi connectivity index (χ3n) is 4.96. The monoisotopic (exact) mass is 340 g/mol. The van der Waals surface area contributed by atoms with Crippen LogP contribution in [-0.2, 0) is 5.21 Å². The average molecular weight is 340 g/mol. The van der Waals surface area contributed by atoms with Crippen LogP contribution in [0.3, 0.4) is 0 Å². The highest BCUT2D eigenvalue weighted by Crippen LogP contribution is 2.37. The zero-order valence-electron chi connectivity index (χ0n) is 15.3. The number of nitrogens with zero attached hydrogens (tertiary/aromatic N) is 1. The molecule has 0 atom stereocenters. The van der Waals surface area contributed by atoms with E-state index >= 15 is 0 Å². The lowest BCUT2D eigenvalue weighted by Gasteiger charge is -2.49. The van der Waals surface area contributed by atoms with E-state index in [1.165, 1.54) is 5.06 Å². The Labute approximate surface area is 149 Å². The molecule has 5 heteroatoms. The summed E-state index contributed by atoms with van der Waals surface area (Å²) in [6.45, 7) is 7.72. The van der Waals surface area contributed by atoms with Crippen molar-refractivity contribution < 1.29 is 10.0 Å². The molecule has 0 aromatic heterocycles. The number of urea groups is 1. The Kier molecular flexibility index (Phi) is 4.47. The van der Waals surface area contributed by atoms with Crippen LogP contribution in [0.25, 0.3) is 10.8 Å². The SMILES string of the molecule is CC1(C)CC(NC(=O)Nc2cccc3ccccc23)CC(C)(C)N1[O]. The quantitative estimate of drug-likeness (QED) is 0.855. The van der Waals surface area contributed by atoms with E-state index < -0.39 is 11.1 Å². The Balaban J connectivity index is 1.72. The van der Waals surface area contributed by atoms with Crippen LogP contribution in [0.4, 0.5) is 10.5 Å². The molecule has 1 heterocycles. The first-order chi connectivity index (χ1) is 11.7. The predicted molar refractivity (Wildman–Crippen MR) is 99.8 cm³/mol. The van der Waals surface area contributed by atoms with Gasteiger partial charge in [0.1, 0.15) is 0 Å². The smallest absolute Gasteiger partial charge is 0.319 e. The van der Waals surface area contributed by atoms with Gasteiger partial charge in [-0.05, 0) is 52.0 Å². The zero-order chi connectivity index (χ0) is 18.2. The van der Waals surface area contributed by atoms with Gasteiger partial charge in [-0.1, -0.05) is 36.4 Å². The molecule has 133 valence electrons. The topological polar surface area (TPSA) is 64.3 Å². The second kappa shape index (κ2) is 6.32. The van der Waals surface area contributed by atoms with Gasteiger partial charge in [0.25, 0.3) is 0 Å². The van der Waals surface area contributed by atoms with Crippen LogP contribution in [0.15, 0.2) is 42.5 Å². The second-order valence-electron chi connectivity index (χ2n) is 8.15. The molecular weight excluding hydrogens is 314 g/mol. The highest BCUT2D eigenvalue weighted by Gasteiger charge is 2.46. The van der Waals surface area contributed by atoms with E-state index in [0.717, 1.165) is 16.5 Å². The fourth-order valence-electron chi connectivity index (χ4n) is 4.04. The number of piperidine rings is 1. The maximum absolute atomic E-state index is 12.5. The molecule has 2 aromatic carbocycles. The first-order valence-corrected chi connectivity index (χ1v) is 8.72. The molecule has 0 saturated carbocycles. The first-order valence-electron chi connectivity index (χ1n) is 8.72. The number of rotatable bonds is 2. The van der Waals surface area contributed by atoms with E-state index in [0.29, 0.717) is 12.8 Å². The van der Waals surface area contributed by atoms with Gasteiger partial charge >= 0.3 is 6.03 Å². The average Bonchev–Trinajstić information content (AvgIpc) is 2.52. The maximum Gasteiger partial charge on any atom is 0.319 e. The van der Waals surface area contributed by atoms with Crippen LogP contribution >= 0.6 is 0 Å². The molecule has 1 aliphatic heterocycles. The molecule has 2 aromatic rings. The summed E-state index contributed by atoms with van der Waals surface area (Å²) < 4.78 is 0. The van der Waals surface area contributed by atoms with Gasteiger partial charge in [0, 0.05) is 22.5 Å². The van der Waals surface area contributed by atoms with Crippen molar-refractivity contribution in [1.82, 2.24) is 10.4 Å². The molecule has 5 nitrogen and oxygen atoms in total. The molecule has 0 spiro atoms. The number of fused-ring (bicyclic) bond motifs is 1. The van der Waals surface area contributed by atoms with Crippen LogP contribution < -0.4 is 10.6 Å². The van der Waals surface area contributed by atoms with Crippen LogP contribution in [0.1, 0.15) is 40.5 Å². The third kappa shape index (κ3) is 3.62. The number of carbonyl (C=O) groups excluding carboxylic acids is 1. The van der Waals surface area contributed by atoms with Crippen molar-refractivity contribution >= 4 is 22.5 Å². The van der Waals surface area contributed by atoms with E-state index in [1.807, 2.05) is 70.2 Å². The first kappa shape index (κ1) is 17.7. The summed E-state index contributed by atoms with van der Waals surface area (Å²) in [4.78, 5) is 12.5. The molecule has 2 N–H and O–H groups in total. The van der Waals surface area contributed by atoms with E-state index in [9.17, 15) is 10.0 Å². The van der Waals surface area contributed by atoms with Crippen molar-refractivity contribution in [3.63, 3.8) is 0 Å². The highest BCUT2D eigenvalue weighted by atomic mass is 16.5. The van der Waals surface area contributed by atoms with E-state index in [4.69, 9.17) is 0 Å². The third-order valence-corrected chi connectivity index (χ3v) is 4.96. The molecule has 0 bridgehead atoms. The minimum absolute atomic E-state index is 0.0369. The zero-order valence-corrected chi connectivity index (χ0v) is 15.3. The van der Waals surface area contributed by atoms with Crippen molar-refractivity contribution in [3.05, 3.63) is 42.5 Å². The van der Waals surface area contributed by atoms with Gasteiger partial charge in [-0.25, -0.2) is 4.79 Å². The van der Waals surface area contributed by atoms with Gasteiger partial charge in [-0.2, -0.15) is 0 Å². The summed E-state index contributed by atoms with van der Waals surface area (Å²) >= 11 is 0. The molecule has 1 saturated heterocycles. The van der Waals surface area contributed by atoms with Gasteiger partial charge in [0.05, 0.1) is 5.69 Å². The molecule has 1 aliphatic rings. The summed E-state index contributed by atoms with van der Waals surface area (Å²) in [6.07, 6.45) is 1.26. The summed E-state index contributed by atoms with van der Waals surface area (Å²) in [7, 11) is 0. The number of hydrogen-bond donors (Lipinski definition) is 2. The van der Waals surface area contributed by atoms with Gasteiger partial charge in [-0.15, -0.1) is 10.3 Å². The fourth-order valence-corrected chi connectivity index (χ4v) is 4.04. The lowest BCUT2D eigenvalue weighted by molar-refractivity contribution is -0.289. The number of benzene rings is 2. The summed E-state index contributed by atoms with van der Waals surface area (Å²) in [5, 5.41) is 21.7. The molecular formula is C20H26N3O2. The molecule has 1 radical (unpaired) electrons. The fraction of sp³-hybridized carbons (Fsp3) is 0.450. The van der Waals surface area contributed by atoms with Crippen molar-refractivity contribution in [2.24, 2.45) is 0 Å². The number of amides is 2. The Morgan fingerprint density at radius 3 is 2.28 bits per heavy atom. The molecule has 3 rings (SSSR count). The summed E-state index contributed by atoms with van der Waals surface area (Å²) in [5.74, 6) is 0. The van der Waals surface area contributed by atoms with E-state index in [2.05, 4.69) is 10.6 Å². The van der Waals surface area contributed by atoms with Gasteiger partial charge in [0.2, 0.25) is 0 Å². The minimum Gasteiger partial charge on any atom is -0.335 e. The van der Waals surface area contributed by atoms with Crippen LogP contribution in [0.2, 0.25) is 0 Å². The normalized spacial score (nSPS) is 20.4. The highest BCUT2D eigenvalue weighted by molar-refractivity contribution is 6.01. The molecule has 1 fully saturated rings. The van der Waals surface area contributed by atoms with Crippen molar-refractivity contribution in [2.75, 3.05) is 5.32 Å². The molecule has 2 amide bonds. The number of nitrogens with one attached hydrogen (secondary N) is 2. The van der Waals surface area contributed by atoms with Crippen molar-refractivity contribution in [2.45, 2.75) is 57.7 Å². The second-order valence-corrected chi connectivity index (χ2v) is 8.15. The molecule has 0 aliphatic carbocycles. The summed E-state index contributed by atoms with van der Waals surface area (Å²) in [6, 6.07) is 13.5. The number of hydrogen-bond acceptors (Lipinski definition) is 2. The number of carbonyl (C=O) groups is 1. The molecule has 0 unspecified atom stereocenters. The Morgan fingerprint density at radius 2 is 1.60 bits per heavy atom. The van der Waals surface area contributed by atoms with Crippen LogP contribution in [0, 0.1) is 0 Å². The Morgan fingerprint density at radius 1 is 1.00 bits per heavy atom. The maximum atomic E-state index is 12.5. The number of anilines is 1. The van der Waals surface area contributed by atoms with Crippen molar-refractivity contribution in [3.8, 4) is 0 Å². The number of hydroxylamine groups is 2. The lowest BCUT2D eigenvalue weighted by atomic mass is 9.79. The van der Waals surface area contributed by atoms with E-state index in [-0.39, 0.29) is 12.1 Å². The largest absolute Gasteiger partial charge is 0.335 e. The van der Waals surface area contributed by atoms with E-state index in [1.54, 1.807) is 0 Å². The van der Waals surface area contributed by atoms with Crippen LogP contribution in [0.5, 0.6) is 0 Å². The Hall–Kier alpha value is -2.11. The van der Waals surface area contributed by atoms with Gasteiger partial charge in [-0.3, -0.25) is 0 Å². The lowest BCUT2D eigenvalue weighted by Crippen LogP contribution is -2.62.